The fourth-order valence-corrected chi connectivity index (χ4v) is 1.98. The third kappa shape index (κ3) is 1.83. The van der Waals surface area contributed by atoms with Gasteiger partial charge in [0.15, 0.2) is 0 Å². The maximum atomic E-state index is 10.5. The van der Waals surface area contributed by atoms with Crippen molar-refractivity contribution in [3.05, 3.63) is 34.4 Å². The zero-order chi connectivity index (χ0) is 8.27. The monoisotopic (exact) mass is 258 g/mol. The van der Waals surface area contributed by atoms with Gasteiger partial charge in [0.2, 0.25) is 0 Å². The second kappa shape index (κ2) is 3.56. The van der Waals surface area contributed by atoms with Gasteiger partial charge in [-0.2, -0.15) is 0 Å². The van der Waals surface area contributed by atoms with Crippen LogP contribution in [0, 0.1) is 10.1 Å². The minimum absolute atomic E-state index is 0.0194. The summed E-state index contributed by atoms with van der Waals surface area (Å²) in [5, 5.41) is 10.3. The molecule has 0 aliphatic heterocycles. The Hall–Kier alpha value is -0.781. The Kier molecular flexibility index (Phi) is 2.69. The van der Waals surface area contributed by atoms with Gasteiger partial charge in [-0.15, -0.1) is 0 Å². The molecule has 0 spiro atoms. The summed E-state index contributed by atoms with van der Waals surface area (Å²) < 4.78 is 10.9. The molecule has 0 saturated carbocycles. The molecule has 0 aromatic heterocycles. The van der Waals surface area contributed by atoms with Crippen LogP contribution in [-0.4, -0.2) is 26.1 Å². The van der Waals surface area contributed by atoms with E-state index in [4.69, 9.17) is 0 Å². The molecule has 0 unspecified atom stereocenters. The Morgan fingerprint density at radius 3 is 2.45 bits per heavy atom. The number of nitro groups is 1. The Morgan fingerprint density at radius 2 is 2.00 bits per heavy atom. The predicted octanol–water partition coefficient (Wildman–Crippen LogP) is 0.270. The summed E-state index contributed by atoms with van der Waals surface area (Å²) in [6, 6.07) is 6.13. The van der Waals surface area contributed by atoms with E-state index in [9.17, 15) is 13.2 Å². The van der Waals surface area contributed by atoms with E-state index >= 15 is 0 Å². The molecule has 0 N–H and O–H groups in total. The first-order valence-electron chi connectivity index (χ1n) is 2.87. The molecule has 11 heavy (non-hydrogen) atoms. The van der Waals surface area contributed by atoms with Gasteiger partial charge in [0.25, 0.3) is 0 Å². The number of nitro benzene ring substituents is 1. The Labute approximate surface area is 73.0 Å². The first-order chi connectivity index (χ1) is 5.25. The van der Waals surface area contributed by atoms with Crippen molar-refractivity contribution in [2.75, 3.05) is 0 Å². The number of para-hydroxylation sites is 1. The van der Waals surface area contributed by atoms with Gasteiger partial charge in [0.05, 0.1) is 0 Å². The molecule has 0 saturated heterocycles. The fourth-order valence-electron chi connectivity index (χ4n) is 0.719. The van der Waals surface area contributed by atoms with Crippen molar-refractivity contribution in [1.82, 2.24) is 0 Å². The van der Waals surface area contributed by atoms with Crippen LogP contribution in [0.2, 0.25) is 0 Å². The molecule has 1 aromatic rings. The van der Waals surface area contributed by atoms with E-state index in [0.29, 0.717) is 3.58 Å². The molecular formula is C6H4NO3Sn. The van der Waals surface area contributed by atoms with Crippen LogP contribution in [0.25, 0.3) is 0 Å². The number of benzene rings is 1. The minimum atomic E-state index is -1.92. The predicted molar refractivity (Wildman–Crippen MR) is 39.2 cm³/mol. The van der Waals surface area contributed by atoms with Gasteiger partial charge in [-0.1, -0.05) is 0 Å². The van der Waals surface area contributed by atoms with Crippen LogP contribution in [0.3, 0.4) is 0 Å². The van der Waals surface area contributed by atoms with Crippen molar-refractivity contribution in [1.29, 1.82) is 0 Å². The van der Waals surface area contributed by atoms with Crippen LogP contribution >= 0.6 is 0 Å². The molecule has 0 atom stereocenters. The van der Waals surface area contributed by atoms with Gasteiger partial charge in [-0.3, -0.25) is 0 Å². The van der Waals surface area contributed by atoms with Crippen molar-refractivity contribution < 1.29 is 8.00 Å². The quantitative estimate of drug-likeness (QED) is 0.434. The van der Waals surface area contributed by atoms with Gasteiger partial charge >= 0.3 is 72.8 Å². The SMILES string of the molecule is [O]=[Sn][c]1ccccc1[N+](=O)[O-]. The molecular weight excluding hydrogens is 253 g/mol. The molecule has 0 amide bonds. The fraction of sp³-hybridized carbons (Fsp3) is 0. The van der Waals surface area contributed by atoms with Crippen LogP contribution in [-0.2, 0) is 3.08 Å². The molecule has 0 fully saturated rings. The van der Waals surface area contributed by atoms with Crippen LogP contribution in [0.1, 0.15) is 0 Å². The van der Waals surface area contributed by atoms with Crippen molar-refractivity contribution >= 4 is 30.4 Å². The van der Waals surface area contributed by atoms with Crippen molar-refractivity contribution in [2.24, 2.45) is 0 Å². The molecule has 0 heterocycles. The third-order valence-corrected chi connectivity index (χ3v) is 3.05. The summed E-state index contributed by atoms with van der Waals surface area (Å²) in [6.07, 6.45) is 0. The molecule has 1 aromatic carbocycles. The van der Waals surface area contributed by atoms with Crippen molar-refractivity contribution in [3.63, 3.8) is 0 Å². The molecule has 1 radical (unpaired) electrons. The van der Waals surface area contributed by atoms with Crippen LogP contribution < -0.4 is 3.58 Å². The maximum absolute atomic E-state index is 10.5. The summed E-state index contributed by atoms with van der Waals surface area (Å²) in [7, 11) is 0. The van der Waals surface area contributed by atoms with Gasteiger partial charge in [0.1, 0.15) is 0 Å². The third-order valence-electron chi connectivity index (χ3n) is 1.21. The van der Waals surface area contributed by atoms with Gasteiger partial charge in [-0.25, -0.2) is 0 Å². The normalized spacial score (nSPS) is 9.09. The molecule has 0 aliphatic carbocycles. The average molecular weight is 257 g/mol. The van der Waals surface area contributed by atoms with E-state index in [1.165, 1.54) is 12.1 Å². The van der Waals surface area contributed by atoms with Crippen molar-refractivity contribution in [3.8, 4) is 0 Å². The average Bonchev–Trinajstić information content (AvgIpc) is 2.04. The van der Waals surface area contributed by atoms with Gasteiger partial charge < -0.3 is 0 Å². The zero-order valence-corrected chi connectivity index (χ0v) is 8.34. The molecule has 5 heteroatoms. The molecule has 0 bridgehead atoms. The molecule has 4 nitrogen and oxygen atoms in total. The summed E-state index contributed by atoms with van der Waals surface area (Å²) >= 11 is -1.92. The topological polar surface area (TPSA) is 60.2 Å². The number of nitrogens with zero attached hydrogens (tertiary/aromatic N) is 1. The summed E-state index contributed by atoms with van der Waals surface area (Å²) in [6.45, 7) is 0. The summed E-state index contributed by atoms with van der Waals surface area (Å²) in [5.41, 5.74) is -0.0194. The number of hydrogen-bond acceptors (Lipinski definition) is 3. The summed E-state index contributed by atoms with van der Waals surface area (Å²) in [4.78, 5) is 9.77. The van der Waals surface area contributed by atoms with E-state index in [0.717, 1.165) is 0 Å². The summed E-state index contributed by atoms with van der Waals surface area (Å²) in [5.74, 6) is 0. The van der Waals surface area contributed by atoms with E-state index in [-0.39, 0.29) is 5.69 Å². The number of hydrogen-bond donors (Lipinski definition) is 0. The number of rotatable bonds is 2. The van der Waals surface area contributed by atoms with E-state index in [1.807, 2.05) is 0 Å². The Bertz CT molecular complexity index is 300. The van der Waals surface area contributed by atoms with Crippen LogP contribution in [0.15, 0.2) is 24.3 Å². The van der Waals surface area contributed by atoms with Gasteiger partial charge in [-0.05, 0) is 0 Å². The molecule has 0 aliphatic rings. The second-order valence-corrected chi connectivity index (χ2v) is 4.00. The standard InChI is InChI=1S/C6H4NO2.O.Sn/c8-7(9)6-4-2-1-3-5-6;;/h1-4H;;. The molecule has 55 valence electrons. The Balaban J connectivity index is 3.22. The van der Waals surface area contributed by atoms with Crippen LogP contribution in [0.4, 0.5) is 5.69 Å². The molecule has 1 rings (SSSR count). The van der Waals surface area contributed by atoms with E-state index < -0.39 is 26.1 Å². The first kappa shape index (κ1) is 8.32. The zero-order valence-electron chi connectivity index (χ0n) is 5.48. The van der Waals surface area contributed by atoms with Gasteiger partial charge in [0, 0.05) is 0 Å². The van der Waals surface area contributed by atoms with Crippen LogP contribution in [0.5, 0.6) is 0 Å². The van der Waals surface area contributed by atoms with E-state index in [2.05, 4.69) is 0 Å². The Morgan fingerprint density at radius 1 is 1.36 bits per heavy atom. The van der Waals surface area contributed by atoms with E-state index in [1.54, 1.807) is 12.1 Å². The van der Waals surface area contributed by atoms with Crippen molar-refractivity contribution in [2.45, 2.75) is 0 Å². The first-order valence-corrected chi connectivity index (χ1v) is 5.46. The second-order valence-electron chi connectivity index (χ2n) is 1.88.